The molecule has 2 heterocycles. The predicted molar refractivity (Wildman–Crippen MR) is 118 cm³/mol. The number of fused-ring (bicyclic) bond motifs is 1. The fourth-order valence-corrected chi connectivity index (χ4v) is 4.29. The van der Waals surface area contributed by atoms with Crippen LogP contribution in [0, 0.1) is 24.0 Å². The van der Waals surface area contributed by atoms with E-state index in [9.17, 15) is 14.9 Å². The van der Waals surface area contributed by atoms with Crippen LogP contribution in [0.1, 0.15) is 16.7 Å². The molecule has 0 amide bonds. The number of nitrogens with zero attached hydrogens (tertiary/aromatic N) is 3. The van der Waals surface area contributed by atoms with Crippen molar-refractivity contribution in [2.75, 3.05) is 7.11 Å². The fraction of sp³-hybridized carbons (Fsp3) is 0.182. The maximum absolute atomic E-state index is 13.3. The third-order valence-electron chi connectivity index (χ3n) is 5.19. The molecular weight excluding hydrogens is 402 g/mol. The summed E-state index contributed by atoms with van der Waals surface area (Å²) in [6.45, 7) is 4.21. The number of non-ortho nitro benzene ring substituents is 1. The second kappa shape index (κ2) is 7.72. The van der Waals surface area contributed by atoms with Crippen molar-refractivity contribution in [3.05, 3.63) is 85.3 Å². The van der Waals surface area contributed by atoms with Gasteiger partial charge in [-0.05, 0) is 36.6 Å². The van der Waals surface area contributed by atoms with Gasteiger partial charge in [0.2, 0.25) is 0 Å². The molecule has 0 aliphatic carbocycles. The third-order valence-corrected chi connectivity index (χ3v) is 6.08. The molecule has 0 spiro atoms. The van der Waals surface area contributed by atoms with E-state index in [1.54, 1.807) is 0 Å². The zero-order valence-corrected chi connectivity index (χ0v) is 17.5. The van der Waals surface area contributed by atoms with Crippen LogP contribution in [-0.4, -0.2) is 21.6 Å². The summed E-state index contributed by atoms with van der Waals surface area (Å²) in [6.07, 6.45) is 1.48. The lowest BCUT2D eigenvalue weighted by Crippen LogP contribution is -2.21. The van der Waals surface area contributed by atoms with Gasteiger partial charge in [0.25, 0.3) is 11.2 Å². The Morgan fingerprint density at radius 2 is 1.97 bits per heavy atom. The minimum Gasteiger partial charge on any atom is -0.496 e. The molecule has 0 fully saturated rings. The highest BCUT2D eigenvalue weighted by atomic mass is 32.1. The topological polar surface area (TPSA) is 87.3 Å². The van der Waals surface area contributed by atoms with Gasteiger partial charge in [0.05, 0.1) is 30.3 Å². The second-order valence-corrected chi connectivity index (χ2v) is 7.92. The monoisotopic (exact) mass is 421 g/mol. The van der Waals surface area contributed by atoms with Crippen molar-refractivity contribution < 1.29 is 9.66 Å². The Morgan fingerprint density at radius 3 is 2.67 bits per heavy atom. The molecule has 2 aromatic carbocycles. The quantitative estimate of drug-likeness (QED) is 0.344. The molecule has 0 unspecified atom stereocenters. The van der Waals surface area contributed by atoms with Crippen LogP contribution in [0.25, 0.3) is 21.3 Å². The molecule has 4 rings (SSSR count). The van der Waals surface area contributed by atoms with Crippen LogP contribution in [-0.2, 0) is 6.54 Å². The number of aryl methyl sites for hydroxylation is 2. The molecule has 0 aliphatic rings. The van der Waals surface area contributed by atoms with E-state index in [4.69, 9.17) is 4.74 Å². The number of nitro groups is 1. The van der Waals surface area contributed by atoms with Crippen LogP contribution < -0.4 is 10.3 Å². The van der Waals surface area contributed by atoms with Crippen molar-refractivity contribution >= 4 is 27.2 Å². The first-order valence-electron chi connectivity index (χ1n) is 9.24. The van der Waals surface area contributed by atoms with E-state index >= 15 is 0 Å². The predicted octanol–water partition coefficient (Wildman–Crippen LogP) is 4.71. The molecule has 0 saturated heterocycles. The van der Waals surface area contributed by atoms with Crippen LogP contribution in [0.5, 0.6) is 5.75 Å². The fourth-order valence-electron chi connectivity index (χ4n) is 3.39. The molecule has 0 saturated carbocycles. The van der Waals surface area contributed by atoms with E-state index in [0.29, 0.717) is 21.5 Å². The molecule has 8 heteroatoms. The Bertz CT molecular complexity index is 1340. The van der Waals surface area contributed by atoms with Gasteiger partial charge >= 0.3 is 0 Å². The highest BCUT2D eigenvalue weighted by Crippen LogP contribution is 2.32. The minimum absolute atomic E-state index is 0.0563. The number of ether oxygens (including phenoxy) is 1. The first kappa shape index (κ1) is 19.8. The summed E-state index contributed by atoms with van der Waals surface area (Å²) in [5.74, 6) is 0.479. The van der Waals surface area contributed by atoms with Crippen LogP contribution in [0.15, 0.2) is 52.9 Å². The Hall–Kier alpha value is -3.52. The zero-order chi connectivity index (χ0) is 21.4. The number of hydrogen-bond acceptors (Lipinski definition) is 6. The summed E-state index contributed by atoms with van der Waals surface area (Å²) in [7, 11) is 1.49. The van der Waals surface area contributed by atoms with Crippen molar-refractivity contribution in [1.29, 1.82) is 0 Å². The lowest BCUT2D eigenvalue weighted by atomic mass is 10.0. The molecule has 0 radical (unpaired) electrons. The molecule has 152 valence electrons. The Labute approximate surface area is 176 Å². The van der Waals surface area contributed by atoms with Gasteiger partial charge in [-0.15, -0.1) is 11.3 Å². The van der Waals surface area contributed by atoms with Gasteiger partial charge in [0, 0.05) is 28.6 Å². The van der Waals surface area contributed by atoms with Gasteiger partial charge in [-0.3, -0.25) is 19.5 Å². The molecular formula is C22H19N3O4S. The first-order chi connectivity index (χ1) is 14.4. The molecule has 2 aromatic heterocycles. The van der Waals surface area contributed by atoms with E-state index in [0.717, 1.165) is 16.7 Å². The highest BCUT2D eigenvalue weighted by molar-refractivity contribution is 7.17. The van der Waals surface area contributed by atoms with Crippen LogP contribution in [0.4, 0.5) is 5.69 Å². The van der Waals surface area contributed by atoms with E-state index in [1.807, 2.05) is 31.4 Å². The highest BCUT2D eigenvalue weighted by Gasteiger charge is 2.16. The number of rotatable bonds is 5. The number of benzene rings is 2. The van der Waals surface area contributed by atoms with E-state index in [-0.39, 0.29) is 17.8 Å². The lowest BCUT2D eigenvalue weighted by Gasteiger charge is -2.11. The Balaban J connectivity index is 1.83. The number of nitro benzene ring substituents is 1. The first-order valence-corrected chi connectivity index (χ1v) is 10.1. The standard InChI is InChI=1S/C22H19N3O4S/c1-13-4-5-15(8-14(13)2)18-11-30-21-20(18)22(26)24(12-23-21)10-16-9-17(25(27)28)6-7-19(16)29-3/h4-9,11-12H,10H2,1-3H3. The zero-order valence-electron chi connectivity index (χ0n) is 16.7. The summed E-state index contributed by atoms with van der Waals surface area (Å²) in [5, 5.41) is 13.6. The largest absolute Gasteiger partial charge is 0.496 e. The maximum Gasteiger partial charge on any atom is 0.270 e. The summed E-state index contributed by atoms with van der Waals surface area (Å²) < 4.78 is 6.79. The molecule has 4 aromatic rings. The van der Waals surface area contributed by atoms with Gasteiger partial charge in [0.1, 0.15) is 10.6 Å². The number of methoxy groups -OCH3 is 1. The molecule has 0 bridgehead atoms. The molecule has 0 N–H and O–H groups in total. The van der Waals surface area contributed by atoms with Gasteiger partial charge in [-0.25, -0.2) is 4.98 Å². The molecule has 7 nitrogen and oxygen atoms in total. The Kier molecular flexibility index (Phi) is 5.09. The summed E-state index contributed by atoms with van der Waals surface area (Å²) >= 11 is 1.42. The maximum atomic E-state index is 13.3. The molecule has 0 atom stereocenters. The van der Waals surface area contributed by atoms with Gasteiger partial charge in [-0.1, -0.05) is 18.2 Å². The molecule has 30 heavy (non-hydrogen) atoms. The van der Waals surface area contributed by atoms with Crippen molar-refractivity contribution in [3.63, 3.8) is 0 Å². The van der Waals surface area contributed by atoms with Crippen LogP contribution in [0.2, 0.25) is 0 Å². The summed E-state index contributed by atoms with van der Waals surface area (Å²) in [5.41, 5.74) is 4.44. The van der Waals surface area contributed by atoms with Gasteiger partial charge in [-0.2, -0.15) is 0 Å². The van der Waals surface area contributed by atoms with Crippen molar-refractivity contribution in [3.8, 4) is 16.9 Å². The summed E-state index contributed by atoms with van der Waals surface area (Å²) in [6, 6.07) is 10.4. The van der Waals surface area contributed by atoms with Gasteiger partial charge in [0.15, 0.2) is 0 Å². The average Bonchev–Trinajstić information content (AvgIpc) is 3.17. The van der Waals surface area contributed by atoms with E-state index in [1.165, 1.54) is 53.1 Å². The SMILES string of the molecule is COc1ccc([N+](=O)[O-])cc1Cn1cnc2scc(-c3ccc(C)c(C)c3)c2c1=O. The average molecular weight is 421 g/mol. The number of hydrogen-bond donors (Lipinski definition) is 0. The van der Waals surface area contributed by atoms with Gasteiger partial charge < -0.3 is 4.74 Å². The molecule has 0 aliphatic heterocycles. The number of aromatic nitrogens is 2. The minimum atomic E-state index is -0.468. The second-order valence-electron chi connectivity index (χ2n) is 7.06. The van der Waals surface area contributed by atoms with Crippen LogP contribution >= 0.6 is 11.3 Å². The van der Waals surface area contributed by atoms with Crippen molar-refractivity contribution in [2.24, 2.45) is 0 Å². The number of thiophene rings is 1. The third kappa shape index (κ3) is 3.46. The Morgan fingerprint density at radius 1 is 1.17 bits per heavy atom. The normalized spacial score (nSPS) is 11.0. The van der Waals surface area contributed by atoms with Crippen molar-refractivity contribution in [1.82, 2.24) is 9.55 Å². The summed E-state index contributed by atoms with van der Waals surface area (Å²) in [4.78, 5) is 29.1. The smallest absolute Gasteiger partial charge is 0.270 e. The van der Waals surface area contributed by atoms with Crippen molar-refractivity contribution in [2.45, 2.75) is 20.4 Å². The lowest BCUT2D eigenvalue weighted by molar-refractivity contribution is -0.384. The van der Waals surface area contributed by atoms with Crippen LogP contribution in [0.3, 0.4) is 0 Å². The van der Waals surface area contributed by atoms with E-state index < -0.39 is 4.92 Å². The van der Waals surface area contributed by atoms with E-state index in [2.05, 4.69) is 11.1 Å².